The highest BCUT2D eigenvalue weighted by atomic mass is 19.4. The van der Waals surface area contributed by atoms with E-state index in [0.29, 0.717) is 43.0 Å². The first-order valence-electron chi connectivity index (χ1n) is 11.4. The van der Waals surface area contributed by atoms with Gasteiger partial charge in [-0.15, -0.1) is 0 Å². The number of halogens is 3. The van der Waals surface area contributed by atoms with Gasteiger partial charge in [-0.2, -0.15) is 18.4 Å². The number of nitrogens with zero attached hydrogens (tertiary/aromatic N) is 4. The smallest absolute Gasteiger partial charge is 0.381 e. The highest BCUT2D eigenvalue weighted by molar-refractivity contribution is 5.95. The predicted molar refractivity (Wildman–Crippen MR) is 129 cm³/mol. The molecule has 3 aromatic rings. The number of fused-ring (bicyclic) bond motifs is 1. The second-order valence-electron chi connectivity index (χ2n) is 8.78. The fraction of sp³-hybridized carbons (Fsp3) is 0.375. The molecule has 0 amide bonds. The van der Waals surface area contributed by atoms with Crippen molar-refractivity contribution in [3.05, 3.63) is 67.6 Å². The number of hydrogen-bond donors (Lipinski definition) is 2. The van der Waals surface area contributed by atoms with Crippen molar-refractivity contribution >= 4 is 28.1 Å². The summed E-state index contributed by atoms with van der Waals surface area (Å²) in [6, 6.07) is 5.12. The fourth-order valence-corrected chi connectivity index (χ4v) is 4.31. The van der Waals surface area contributed by atoms with Crippen LogP contribution in [0.2, 0.25) is 0 Å². The zero-order valence-electron chi connectivity index (χ0n) is 19.9. The van der Waals surface area contributed by atoms with Crippen molar-refractivity contribution in [3.8, 4) is 6.07 Å². The number of benzene rings is 1. The fourth-order valence-electron chi connectivity index (χ4n) is 4.31. The first-order chi connectivity index (χ1) is 17.5. The van der Waals surface area contributed by atoms with Crippen molar-refractivity contribution < 1.29 is 22.8 Å². The molecule has 1 aliphatic rings. The van der Waals surface area contributed by atoms with Crippen LogP contribution >= 0.6 is 0 Å². The van der Waals surface area contributed by atoms with Gasteiger partial charge < -0.3 is 19.9 Å². The molecule has 2 N–H and O–H groups in total. The van der Waals surface area contributed by atoms with Crippen LogP contribution in [0.4, 0.5) is 30.4 Å². The molecule has 1 aromatic carbocycles. The highest BCUT2D eigenvalue weighted by Crippen LogP contribution is 2.35. The van der Waals surface area contributed by atoms with E-state index in [1.165, 1.54) is 24.7 Å². The minimum absolute atomic E-state index is 0.00648. The van der Waals surface area contributed by atoms with E-state index < -0.39 is 28.4 Å². The summed E-state index contributed by atoms with van der Waals surface area (Å²) in [4.78, 5) is 27.7. The number of anilines is 2. The van der Waals surface area contributed by atoms with Crippen molar-refractivity contribution in [2.24, 2.45) is 7.05 Å². The number of nitro groups is 1. The van der Waals surface area contributed by atoms with E-state index in [0.717, 1.165) is 12.1 Å². The van der Waals surface area contributed by atoms with Gasteiger partial charge in [0.05, 0.1) is 27.6 Å². The summed E-state index contributed by atoms with van der Waals surface area (Å²) in [6.07, 6.45) is -2.11. The van der Waals surface area contributed by atoms with E-state index in [1.807, 2.05) is 6.07 Å². The zero-order chi connectivity index (χ0) is 26.9. The number of nitriles is 1. The number of nitro benzene ring substituents is 1. The lowest BCUT2D eigenvalue weighted by Crippen LogP contribution is -2.32. The van der Waals surface area contributed by atoms with Crippen molar-refractivity contribution in [2.45, 2.75) is 38.0 Å². The lowest BCUT2D eigenvalue weighted by molar-refractivity contribution is -0.385. The van der Waals surface area contributed by atoms with Crippen molar-refractivity contribution in [2.75, 3.05) is 23.8 Å². The van der Waals surface area contributed by atoms with Crippen molar-refractivity contribution in [1.29, 1.82) is 5.26 Å². The SMILES string of the molecule is C[C@@H](Nc1ncc(C#N)c2c1cc(NC1CCOCC1)c(=O)n2C)c1cc([N+](=O)[O-])cc(C(F)(F)F)c1. The van der Waals surface area contributed by atoms with E-state index in [-0.39, 0.29) is 34.2 Å². The number of non-ortho nitro benzene ring substituents is 1. The third-order valence-electron chi connectivity index (χ3n) is 6.28. The molecule has 4 rings (SSSR count). The summed E-state index contributed by atoms with van der Waals surface area (Å²) in [7, 11) is 1.52. The topological polar surface area (TPSA) is 135 Å². The lowest BCUT2D eigenvalue weighted by Gasteiger charge is -2.24. The van der Waals surface area contributed by atoms with Gasteiger partial charge >= 0.3 is 6.18 Å². The highest BCUT2D eigenvalue weighted by Gasteiger charge is 2.33. The first kappa shape index (κ1) is 25.9. The lowest BCUT2D eigenvalue weighted by atomic mass is 10.0. The van der Waals surface area contributed by atoms with Gasteiger partial charge in [0.2, 0.25) is 0 Å². The number of alkyl halides is 3. The van der Waals surface area contributed by atoms with Gasteiger partial charge in [-0.1, -0.05) is 0 Å². The average molecular weight is 516 g/mol. The monoisotopic (exact) mass is 516 g/mol. The summed E-state index contributed by atoms with van der Waals surface area (Å²) in [6.45, 7) is 2.65. The Morgan fingerprint density at radius 2 is 1.97 bits per heavy atom. The molecule has 1 fully saturated rings. The Morgan fingerprint density at radius 3 is 2.59 bits per heavy atom. The Kier molecular flexibility index (Phi) is 7.04. The second kappa shape index (κ2) is 10.1. The molecular weight excluding hydrogens is 493 g/mol. The van der Waals surface area contributed by atoms with Crippen LogP contribution in [0.1, 0.15) is 42.5 Å². The maximum atomic E-state index is 13.4. The van der Waals surface area contributed by atoms with Gasteiger partial charge in [-0.05, 0) is 37.5 Å². The Bertz CT molecular complexity index is 1460. The molecule has 0 aliphatic carbocycles. The molecule has 2 aromatic heterocycles. The summed E-state index contributed by atoms with van der Waals surface area (Å²) in [5.74, 6) is 0.201. The number of nitrogens with one attached hydrogen (secondary N) is 2. The molecule has 0 saturated carbocycles. The molecule has 13 heteroatoms. The molecule has 10 nitrogen and oxygen atoms in total. The molecule has 0 spiro atoms. The van der Waals surface area contributed by atoms with Crippen LogP contribution in [0.15, 0.2) is 35.3 Å². The van der Waals surface area contributed by atoms with Crippen LogP contribution < -0.4 is 16.2 Å². The quantitative estimate of drug-likeness (QED) is 0.361. The van der Waals surface area contributed by atoms with Crippen molar-refractivity contribution in [1.82, 2.24) is 9.55 Å². The zero-order valence-corrected chi connectivity index (χ0v) is 19.9. The normalized spacial score (nSPS) is 15.2. The number of ether oxygens (including phenoxy) is 1. The molecule has 0 unspecified atom stereocenters. The van der Waals surface area contributed by atoms with Crippen LogP contribution in [-0.4, -0.2) is 33.7 Å². The molecule has 37 heavy (non-hydrogen) atoms. The van der Waals surface area contributed by atoms with Crippen LogP contribution in [-0.2, 0) is 18.0 Å². The van der Waals surface area contributed by atoms with Crippen LogP contribution in [0, 0.1) is 21.4 Å². The Hall–Kier alpha value is -4.18. The van der Waals surface area contributed by atoms with Crippen molar-refractivity contribution in [3.63, 3.8) is 0 Å². The third kappa shape index (κ3) is 5.34. The molecule has 1 saturated heterocycles. The molecule has 1 aliphatic heterocycles. The van der Waals surface area contributed by atoms with E-state index in [9.17, 15) is 33.3 Å². The minimum atomic E-state index is -4.77. The van der Waals surface area contributed by atoms with Crippen LogP contribution in [0.5, 0.6) is 0 Å². The number of pyridine rings is 2. The summed E-state index contributed by atoms with van der Waals surface area (Å²) in [5, 5.41) is 27.5. The second-order valence-corrected chi connectivity index (χ2v) is 8.78. The Labute approximate surface area is 208 Å². The van der Waals surface area contributed by atoms with Crippen LogP contribution in [0.3, 0.4) is 0 Å². The number of aryl methyl sites for hydroxylation is 1. The molecular formula is C24H23F3N6O4. The van der Waals surface area contributed by atoms with E-state index >= 15 is 0 Å². The van der Waals surface area contributed by atoms with Crippen LogP contribution in [0.25, 0.3) is 10.9 Å². The number of rotatable bonds is 6. The van der Waals surface area contributed by atoms with E-state index in [2.05, 4.69) is 15.6 Å². The van der Waals surface area contributed by atoms with Gasteiger partial charge in [0.1, 0.15) is 17.6 Å². The standard InChI is InChI=1S/C24H23F3N6O4/c1-13(14-7-16(24(25,26)27)9-18(8-14)33(35)36)30-22-19-10-20(31-17-3-5-37-6-4-17)23(34)32(2)21(19)15(11-28)12-29-22/h7-10,12-13,17,31H,3-6H2,1-2H3,(H,29,30)/t13-/m1/s1. The van der Waals surface area contributed by atoms with Gasteiger partial charge in [-0.25, -0.2) is 4.98 Å². The maximum Gasteiger partial charge on any atom is 0.416 e. The van der Waals surface area contributed by atoms with E-state index in [1.54, 1.807) is 6.07 Å². The maximum absolute atomic E-state index is 13.4. The molecule has 0 radical (unpaired) electrons. The average Bonchev–Trinajstić information content (AvgIpc) is 2.87. The Balaban J connectivity index is 1.79. The predicted octanol–water partition coefficient (Wildman–Crippen LogP) is 4.50. The van der Waals surface area contributed by atoms with Gasteiger partial charge in [0, 0.05) is 50.0 Å². The minimum Gasteiger partial charge on any atom is -0.381 e. The summed E-state index contributed by atoms with van der Waals surface area (Å²) >= 11 is 0. The molecule has 1 atom stereocenters. The molecule has 194 valence electrons. The molecule has 3 heterocycles. The number of hydrogen-bond acceptors (Lipinski definition) is 8. The van der Waals surface area contributed by atoms with Gasteiger partial charge in [0.15, 0.2) is 0 Å². The van der Waals surface area contributed by atoms with Gasteiger partial charge in [0.25, 0.3) is 11.2 Å². The first-order valence-corrected chi connectivity index (χ1v) is 11.4. The van der Waals surface area contributed by atoms with Gasteiger partial charge in [-0.3, -0.25) is 14.9 Å². The summed E-state index contributed by atoms with van der Waals surface area (Å²) < 4.78 is 46.8. The van der Waals surface area contributed by atoms with E-state index in [4.69, 9.17) is 4.74 Å². The molecule has 0 bridgehead atoms. The summed E-state index contributed by atoms with van der Waals surface area (Å²) in [5.41, 5.74) is -1.45. The largest absolute Gasteiger partial charge is 0.416 e. The Morgan fingerprint density at radius 1 is 1.27 bits per heavy atom. The third-order valence-corrected chi connectivity index (χ3v) is 6.28. The number of aromatic nitrogens is 2.